The molecule has 114 valence electrons. The molecule has 3 saturated heterocycles. The second-order valence-corrected chi connectivity index (χ2v) is 7.07. The van der Waals surface area contributed by atoms with Crippen LogP contribution >= 0.6 is 0 Å². The van der Waals surface area contributed by atoms with Gasteiger partial charge in [0.15, 0.2) is 0 Å². The van der Waals surface area contributed by atoms with E-state index in [2.05, 4.69) is 47.1 Å². The summed E-state index contributed by atoms with van der Waals surface area (Å²) in [5, 5.41) is 11.4. The van der Waals surface area contributed by atoms with Crippen LogP contribution in [0.4, 0.5) is 0 Å². The van der Waals surface area contributed by atoms with Crippen LogP contribution in [0.5, 0.6) is 0 Å². The molecule has 5 heterocycles. The van der Waals surface area contributed by atoms with Gasteiger partial charge < -0.3 is 10.1 Å². The predicted molar refractivity (Wildman–Crippen MR) is 87.7 cm³/mol. The number of hydrogen-bond donors (Lipinski definition) is 2. The zero-order valence-corrected chi connectivity index (χ0v) is 12.9. The van der Waals surface area contributed by atoms with E-state index in [9.17, 15) is 5.11 Å². The molecular formula is C19H22N2O. The summed E-state index contributed by atoms with van der Waals surface area (Å²) in [6.45, 7) is 3.55. The minimum Gasteiger partial charge on any atom is -0.396 e. The van der Waals surface area contributed by atoms with Crippen molar-refractivity contribution in [1.82, 2.24) is 9.88 Å². The van der Waals surface area contributed by atoms with Crippen LogP contribution in [0.15, 0.2) is 35.9 Å². The first kappa shape index (κ1) is 12.9. The third kappa shape index (κ3) is 1.48. The summed E-state index contributed by atoms with van der Waals surface area (Å²) < 4.78 is 0. The molecule has 5 atom stereocenters. The van der Waals surface area contributed by atoms with Gasteiger partial charge in [-0.1, -0.05) is 29.8 Å². The Morgan fingerprint density at radius 1 is 1.36 bits per heavy atom. The van der Waals surface area contributed by atoms with Gasteiger partial charge in [0, 0.05) is 41.7 Å². The second-order valence-electron chi connectivity index (χ2n) is 7.07. The molecule has 0 amide bonds. The van der Waals surface area contributed by atoms with Crippen molar-refractivity contribution in [3.63, 3.8) is 0 Å². The van der Waals surface area contributed by atoms with Gasteiger partial charge in [-0.25, -0.2) is 0 Å². The van der Waals surface area contributed by atoms with Crippen molar-refractivity contribution in [2.75, 3.05) is 13.2 Å². The number of piperidine rings is 3. The van der Waals surface area contributed by atoms with Crippen LogP contribution in [0.1, 0.15) is 30.6 Å². The van der Waals surface area contributed by atoms with Gasteiger partial charge in [0.25, 0.3) is 0 Å². The van der Waals surface area contributed by atoms with Gasteiger partial charge in [0.05, 0.1) is 6.04 Å². The van der Waals surface area contributed by atoms with Crippen LogP contribution in [0.3, 0.4) is 0 Å². The highest BCUT2D eigenvalue weighted by molar-refractivity contribution is 5.85. The Hall–Kier alpha value is -1.58. The fourth-order valence-electron chi connectivity index (χ4n) is 5.32. The fourth-order valence-corrected chi connectivity index (χ4v) is 5.32. The first-order valence-corrected chi connectivity index (χ1v) is 8.43. The molecule has 3 nitrogen and oxygen atoms in total. The lowest BCUT2D eigenvalue weighted by Crippen LogP contribution is -2.60. The highest BCUT2D eigenvalue weighted by atomic mass is 16.3. The van der Waals surface area contributed by atoms with Crippen LogP contribution in [0.25, 0.3) is 10.9 Å². The second kappa shape index (κ2) is 4.46. The molecule has 0 spiro atoms. The molecule has 1 aromatic heterocycles. The number of nitrogens with zero attached hydrogens (tertiary/aromatic N) is 1. The van der Waals surface area contributed by atoms with E-state index in [1.807, 2.05) is 0 Å². The van der Waals surface area contributed by atoms with Gasteiger partial charge in [-0.2, -0.15) is 0 Å². The van der Waals surface area contributed by atoms with E-state index in [4.69, 9.17) is 0 Å². The van der Waals surface area contributed by atoms with Crippen LogP contribution in [0, 0.1) is 11.8 Å². The molecule has 1 aromatic carbocycles. The van der Waals surface area contributed by atoms with E-state index in [-0.39, 0.29) is 0 Å². The van der Waals surface area contributed by atoms with Crippen molar-refractivity contribution in [3.05, 3.63) is 47.2 Å². The molecule has 22 heavy (non-hydrogen) atoms. The number of rotatable bonds is 1. The SMILES string of the molecule is CC=C1CN2[C@@H]3CC1[C@@H](CO)[C@H]2Cc1c3[nH]c2ccccc12. The maximum absolute atomic E-state index is 9.99. The maximum Gasteiger partial charge on any atom is 0.0514 e. The van der Waals surface area contributed by atoms with Crippen molar-refractivity contribution in [1.29, 1.82) is 0 Å². The number of benzene rings is 1. The zero-order chi connectivity index (χ0) is 14.8. The third-order valence-electron chi connectivity index (χ3n) is 6.33. The van der Waals surface area contributed by atoms with Gasteiger partial charge in [0.2, 0.25) is 0 Å². The summed E-state index contributed by atoms with van der Waals surface area (Å²) in [5.74, 6) is 0.965. The number of fused-ring (bicyclic) bond motifs is 4. The first-order chi connectivity index (χ1) is 10.8. The minimum atomic E-state index is 0.313. The molecular weight excluding hydrogens is 272 g/mol. The average molecular weight is 294 g/mol. The van der Waals surface area contributed by atoms with Crippen molar-refractivity contribution >= 4 is 10.9 Å². The normalized spacial score (nSPS) is 37.7. The lowest BCUT2D eigenvalue weighted by Gasteiger charge is -2.58. The molecule has 4 aliphatic heterocycles. The van der Waals surface area contributed by atoms with Crippen molar-refractivity contribution in [2.24, 2.45) is 11.8 Å². The summed E-state index contributed by atoms with van der Waals surface area (Å²) in [4.78, 5) is 6.35. The summed E-state index contributed by atoms with van der Waals surface area (Å²) in [6.07, 6.45) is 4.51. The van der Waals surface area contributed by atoms with E-state index in [0.29, 0.717) is 30.5 Å². The number of aromatic nitrogens is 1. The lowest BCUT2D eigenvalue weighted by molar-refractivity contribution is -0.0503. The van der Waals surface area contributed by atoms with Crippen LogP contribution < -0.4 is 0 Å². The lowest BCUT2D eigenvalue weighted by atomic mass is 9.64. The quantitative estimate of drug-likeness (QED) is 0.794. The van der Waals surface area contributed by atoms with Gasteiger partial charge in [-0.3, -0.25) is 4.90 Å². The number of hydrogen-bond acceptors (Lipinski definition) is 2. The van der Waals surface area contributed by atoms with Crippen LogP contribution in [0.2, 0.25) is 0 Å². The van der Waals surface area contributed by atoms with Gasteiger partial charge in [-0.05, 0) is 37.3 Å². The number of H-pyrrole nitrogens is 1. The molecule has 2 unspecified atom stereocenters. The minimum absolute atomic E-state index is 0.313. The van der Waals surface area contributed by atoms with Gasteiger partial charge in [0.1, 0.15) is 0 Å². The number of aliphatic hydroxyl groups excluding tert-OH is 1. The van der Waals surface area contributed by atoms with E-state index in [1.54, 1.807) is 0 Å². The Morgan fingerprint density at radius 3 is 3.05 bits per heavy atom. The van der Waals surface area contributed by atoms with Crippen molar-refractivity contribution in [2.45, 2.75) is 31.8 Å². The molecule has 3 heteroatoms. The smallest absolute Gasteiger partial charge is 0.0514 e. The Morgan fingerprint density at radius 2 is 2.23 bits per heavy atom. The molecule has 2 aromatic rings. The van der Waals surface area contributed by atoms with Crippen molar-refractivity contribution in [3.8, 4) is 0 Å². The summed E-state index contributed by atoms with van der Waals surface area (Å²) in [7, 11) is 0. The number of aromatic amines is 1. The highest BCUT2D eigenvalue weighted by Gasteiger charge is 2.52. The Balaban J connectivity index is 1.69. The number of para-hydroxylation sites is 1. The summed E-state index contributed by atoms with van der Waals surface area (Å²) in [6, 6.07) is 9.68. The maximum atomic E-state index is 9.99. The molecule has 0 aliphatic carbocycles. The zero-order valence-electron chi connectivity index (χ0n) is 12.9. The summed E-state index contributed by atoms with van der Waals surface area (Å²) >= 11 is 0. The molecule has 6 rings (SSSR count). The standard InChI is InChI=1S/C19H22N2O/c1-2-11-9-21-17-8-14-12-5-3-4-6-16(12)20-19(14)18(21)7-13(11)15(17)10-22/h2-6,13,15,17-18,20,22H,7-10H2,1H3/t13?,15-,17-,18-/m1/s1. The topological polar surface area (TPSA) is 39.3 Å². The molecule has 4 bridgehead atoms. The van der Waals surface area contributed by atoms with E-state index < -0.39 is 0 Å². The molecule has 0 radical (unpaired) electrons. The molecule has 0 saturated carbocycles. The molecule has 2 N–H and O–H groups in total. The number of allylic oxidation sites excluding steroid dienone is 1. The first-order valence-electron chi connectivity index (χ1n) is 8.43. The molecule has 4 aliphatic rings. The van der Waals surface area contributed by atoms with Crippen molar-refractivity contribution < 1.29 is 5.11 Å². The highest BCUT2D eigenvalue weighted by Crippen LogP contribution is 2.53. The third-order valence-corrected chi connectivity index (χ3v) is 6.33. The monoisotopic (exact) mass is 294 g/mol. The largest absolute Gasteiger partial charge is 0.396 e. The summed E-state index contributed by atoms with van der Waals surface area (Å²) in [5.41, 5.74) is 5.74. The Labute approximate surface area is 130 Å². The van der Waals surface area contributed by atoms with Gasteiger partial charge in [-0.15, -0.1) is 0 Å². The average Bonchev–Trinajstić information content (AvgIpc) is 2.93. The predicted octanol–water partition coefficient (Wildman–Crippen LogP) is 3.02. The Bertz CT molecular complexity index is 775. The molecule has 3 fully saturated rings. The van der Waals surface area contributed by atoms with Crippen LogP contribution in [-0.2, 0) is 6.42 Å². The van der Waals surface area contributed by atoms with Crippen LogP contribution in [-0.4, -0.2) is 34.2 Å². The Kier molecular flexibility index (Phi) is 2.62. The van der Waals surface area contributed by atoms with E-state index in [0.717, 1.165) is 19.4 Å². The number of aliphatic hydroxyl groups is 1. The fraction of sp³-hybridized carbons (Fsp3) is 0.474. The number of nitrogens with one attached hydrogen (secondary N) is 1. The van der Waals surface area contributed by atoms with E-state index in [1.165, 1.54) is 27.7 Å². The van der Waals surface area contributed by atoms with E-state index >= 15 is 0 Å². The van der Waals surface area contributed by atoms with Gasteiger partial charge >= 0.3 is 0 Å².